The monoisotopic (exact) mass is 438 g/mol. The summed E-state index contributed by atoms with van der Waals surface area (Å²) in [5.74, 6) is 0.699. The SMILES string of the molecule is COc1ccc(N2C(=O)c3ccccc3N[C@@H]2c2c(C)nn(Cc3ccccc3)c2C)cc1. The molecule has 4 aromatic rings. The van der Waals surface area contributed by atoms with Crippen molar-refractivity contribution in [1.82, 2.24) is 9.78 Å². The zero-order valence-corrected chi connectivity index (χ0v) is 18.9. The molecule has 0 radical (unpaired) electrons. The van der Waals surface area contributed by atoms with Crippen LogP contribution in [0.5, 0.6) is 5.75 Å². The average Bonchev–Trinajstić information content (AvgIpc) is 3.12. The Balaban J connectivity index is 1.60. The molecule has 6 nitrogen and oxygen atoms in total. The zero-order chi connectivity index (χ0) is 22.9. The second-order valence-corrected chi connectivity index (χ2v) is 8.19. The van der Waals surface area contributed by atoms with Crippen LogP contribution in [0.15, 0.2) is 78.9 Å². The number of aryl methyl sites for hydroxylation is 1. The number of hydrogen-bond donors (Lipinski definition) is 1. The van der Waals surface area contributed by atoms with E-state index in [1.54, 1.807) is 7.11 Å². The van der Waals surface area contributed by atoms with Crippen molar-refractivity contribution >= 4 is 17.3 Å². The second-order valence-electron chi connectivity index (χ2n) is 8.19. The number of amides is 1. The van der Waals surface area contributed by atoms with Gasteiger partial charge in [-0.3, -0.25) is 14.4 Å². The Morgan fingerprint density at radius 1 is 0.939 bits per heavy atom. The van der Waals surface area contributed by atoms with Crippen LogP contribution in [-0.4, -0.2) is 22.8 Å². The summed E-state index contributed by atoms with van der Waals surface area (Å²) in [4.78, 5) is 15.5. The molecule has 0 fully saturated rings. The van der Waals surface area contributed by atoms with E-state index in [1.165, 1.54) is 5.56 Å². The molecule has 0 bridgehead atoms. The minimum atomic E-state index is -0.384. The molecule has 1 atom stereocenters. The largest absolute Gasteiger partial charge is 0.497 e. The first-order valence-electron chi connectivity index (χ1n) is 11.0. The Labute approximate surface area is 193 Å². The summed E-state index contributed by atoms with van der Waals surface area (Å²) in [7, 11) is 1.63. The maximum atomic E-state index is 13.7. The number of benzene rings is 3. The van der Waals surface area contributed by atoms with Gasteiger partial charge >= 0.3 is 0 Å². The summed E-state index contributed by atoms with van der Waals surface area (Å²) in [5, 5.41) is 8.44. The minimum absolute atomic E-state index is 0.0471. The Morgan fingerprint density at radius 2 is 1.64 bits per heavy atom. The Bertz CT molecular complexity index is 1300. The second kappa shape index (κ2) is 8.47. The molecule has 0 spiro atoms. The maximum Gasteiger partial charge on any atom is 0.262 e. The van der Waals surface area contributed by atoms with Crippen LogP contribution in [0.4, 0.5) is 11.4 Å². The lowest BCUT2D eigenvalue weighted by molar-refractivity contribution is 0.0975. The van der Waals surface area contributed by atoms with Crippen molar-refractivity contribution in [3.8, 4) is 5.75 Å². The minimum Gasteiger partial charge on any atom is -0.497 e. The van der Waals surface area contributed by atoms with Gasteiger partial charge in [0.25, 0.3) is 5.91 Å². The van der Waals surface area contributed by atoms with E-state index in [2.05, 4.69) is 24.4 Å². The van der Waals surface area contributed by atoms with Crippen molar-refractivity contribution in [2.75, 3.05) is 17.3 Å². The number of hydrogen-bond acceptors (Lipinski definition) is 4. The number of para-hydroxylation sites is 1. The highest BCUT2D eigenvalue weighted by molar-refractivity contribution is 6.12. The van der Waals surface area contributed by atoms with E-state index >= 15 is 0 Å². The highest BCUT2D eigenvalue weighted by atomic mass is 16.5. The van der Waals surface area contributed by atoms with Crippen LogP contribution in [0.2, 0.25) is 0 Å². The Hall–Kier alpha value is -4.06. The van der Waals surface area contributed by atoms with Crippen molar-refractivity contribution < 1.29 is 9.53 Å². The van der Waals surface area contributed by atoms with Gasteiger partial charge in [-0.15, -0.1) is 0 Å². The molecule has 1 aromatic heterocycles. The summed E-state index contributed by atoms with van der Waals surface area (Å²) in [5.41, 5.74) is 6.38. The van der Waals surface area contributed by atoms with Gasteiger partial charge in [-0.05, 0) is 55.8 Å². The number of rotatable bonds is 5. The molecule has 33 heavy (non-hydrogen) atoms. The number of carbonyl (C=O) groups is 1. The molecule has 0 saturated heterocycles. The number of aromatic nitrogens is 2. The Morgan fingerprint density at radius 3 is 2.36 bits per heavy atom. The molecule has 1 aliphatic rings. The first-order valence-corrected chi connectivity index (χ1v) is 11.0. The van der Waals surface area contributed by atoms with Crippen LogP contribution in [0, 0.1) is 13.8 Å². The lowest BCUT2D eigenvalue weighted by Crippen LogP contribution is -2.43. The van der Waals surface area contributed by atoms with Gasteiger partial charge in [0, 0.05) is 22.6 Å². The van der Waals surface area contributed by atoms with E-state index in [-0.39, 0.29) is 12.1 Å². The number of nitrogens with zero attached hydrogens (tertiary/aromatic N) is 3. The van der Waals surface area contributed by atoms with E-state index in [4.69, 9.17) is 9.84 Å². The predicted octanol–water partition coefficient (Wildman–Crippen LogP) is 5.33. The van der Waals surface area contributed by atoms with Crippen LogP contribution >= 0.6 is 0 Å². The number of methoxy groups -OCH3 is 1. The van der Waals surface area contributed by atoms with Crippen molar-refractivity contribution in [1.29, 1.82) is 0 Å². The zero-order valence-electron chi connectivity index (χ0n) is 18.9. The molecule has 6 heteroatoms. The van der Waals surface area contributed by atoms with Gasteiger partial charge in [0.2, 0.25) is 0 Å². The Kier molecular flexibility index (Phi) is 5.34. The third kappa shape index (κ3) is 3.74. The maximum absolute atomic E-state index is 13.7. The van der Waals surface area contributed by atoms with Crippen molar-refractivity contribution in [2.24, 2.45) is 0 Å². The standard InChI is InChI=1S/C27H26N4O2/c1-18-25(19(2)30(29-18)17-20-9-5-4-6-10-20)26-28-24-12-8-7-11-23(24)27(32)31(26)21-13-15-22(33-3)16-14-21/h4-16,26,28H,17H2,1-3H3/t26-/m0/s1. The van der Waals surface area contributed by atoms with Crippen LogP contribution in [0.25, 0.3) is 0 Å². The number of nitrogens with one attached hydrogen (secondary N) is 1. The molecule has 5 rings (SSSR count). The lowest BCUT2D eigenvalue weighted by Gasteiger charge is -2.38. The summed E-state index contributed by atoms with van der Waals surface area (Å²) < 4.78 is 7.33. The lowest BCUT2D eigenvalue weighted by atomic mass is 10.0. The molecule has 0 unspecified atom stereocenters. The van der Waals surface area contributed by atoms with Crippen molar-refractivity contribution in [3.63, 3.8) is 0 Å². The fourth-order valence-electron chi connectivity index (χ4n) is 4.48. The highest BCUT2D eigenvalue weighted by Crippen LogP contribution is 2.39. The van der Waals surface area contributed by atoms with E-state index in [1.807, 2.05) is 83.2 Å². The molecular weight excluding hydrogens is 412 g/mol. The van der Waals surface area contributed by atoms with Crippen molar-refractivity contribution in [2.45, 2.75) is 26.6 Å². The molecule has 166 valence electrons. The van der Waals surface area contributed by atoms with Gasteiger partial charge in [-0.2, -0.15) is 5.10 Å². The van der Waals surface area contributed by atoms with Crippen molar-refractivity contribution in [3.05, 3.63) is 107 Å². The quantitative estimate of drug-likeness (QED) is 0.458. The molecule has 2 heterocycles. The number of fused-ring (bicyclic) bond motifs is 1. The third-order valence-electron chi connectivity index (χ3n) is 6.16. The summed E-state index contributed by atoms with van der Waals surface area (Å²) in [6, 6.07) is 25.5. The van der Waals surface area contributed by atoms with Gasteiger partial charge in [0.05, 0.1) is 24.9 Å². The van der Waals surface area contributed by atoms with Gasteiger partial charge in [-0.25, -0.2) is 0 Å². The average molecular weight is 439 g/mol. The highest BCUT2D eigenvalue weighted by Gasteiger charge is 2.36. The van der Waals surface area contributed by atoms with Crippen LogP contribution in [-0.2, 0) is 6.54 Å². The first-order chi connectivity index (χ1) is 16.1. The van der Waals surface area contributed by atoms with E-state index in [0.29, 0.717) is 12.1 Å². The number of anilines is 2. The fraction of sp³-hybridized carbons (Fsp3) is 0.185. The first kappa shape index (κ1) is 20.8. The molecule has 1 N–H and O–H groups in total. The molecule has 1 amide bonds. The van der Waals surface area contributed by atoms with Crippen LogP contribution in [0.3, 0.4) is 0 Å². The number of ether oxygens (including phenoxy) is 1. The summed E-state index contributed by atoms with van der Waals surface area (Å²) >= 11 is 0. The fourth-order valence-corrected chi connectivity index (χ4v) is 4.48. The summed E-state index contributed by atoms with van der Waals surface area (Å²) in [6.07, 6.45) is -0.384. The predicted molar refractivity (Wildman–Crippen MR) is 130 cm³/mol. The van der Waals surface area contributed by atoms with Gasteiger partial charge < -0.3 is 10.1 Å². The molecule has 0 aliphatic carbocycles. The van der Waals surface area contributed by atoms with E-state index in [0.717, 1.165) is 34.1 Å². The topological polar surface area (TPSA) is 59.4 Å². The van der Waals surface area contributed by atoms with Gasteiger partial charge in [0.1, 0.15) is 11.9 Å². The van der Waals surface area contributed by atoms with Gasteiger partial charge in [0.15, 0.2) is 0 Å². The molecule has 1 aliphatic heterocycles. The smallest absolute Gasteiger partial charge is 0.262 e. The van der Waals surface area contributed by atoms with Gasteiger partial charge in [-0.1, -0.05) is 42.5 Å². The van der Waals surface area contributed by atoms with Crippen LogP contribution in [0.1, 0.15) is 39.0 Å². The van der Waals surface area contributed by atoms with Crippen LogP contribution < -0.4 is 15.0 Å². The summed E-state index contributed by atoms with van der Waals surface area (Å²) in [6.45, 7) is 4.74. The molecular formula is C27H26N4O2. The third-order valence-corrected chi connectivity index (χ3v) is 6.16. The molecule has 0 saturated carbocycles. The number of carbonyl (C=O) groups excluding carboxylic acids is 1. The molecule has 3 aromatic carbocycles. The van der Waals surface area contributed by atoms with E-state index in [9.17, 15) is 4.79 Å². The normalized spacial score (nSPS) is 15.2. The van der Waals surface area contributed by atoms with E-state index < -0.39 is 0 Å².